The third kappa shape index (κ3) is 6.61. The second-order valence-electron chi connectivity index (χ2n) is 3.96. The molecule has 0 atom stereocenters. The van der Waals surface area contributed by atoms with E-state index in [1.807, 2.05) is 0 Å². The molecular formula is C10H18N3NiO3-. The van der Waals surface area contributed by atoms with Crippen molar-refractivity contribution in [3.63, 3.8) is 0 Å². The fourth-order valence-corrected chi connectivity index (χ4v) is 1.67. The third-order valence-electron chi connectivity index (χ3n) is 2.65. The zero-order chi connectivity index (χ0) is 12.0. The smallest absolute Gasteiger partial charge is 0.222 e. The summed E-state index contributed by atoms with van der Waals surface area (Å²) < 4.78 is 0. The van der Waals surface area contributed by atoms with Gasteiger partial charge in [0.15, 0.2) is 0 Å². The summed E-state index contributed by atoms with van der Waals surface area (Å²) in [7, 11) is 0. The molecule has 0 aliphatic carbocycles. The van der Waals surface area contributed by atoms with Crippen LogP contribution in [0.2, 0.25) is 0 Å². The van der Waals surface area contributed by atoms with Crippen LogP contribution in [0.15, 0.2) is 0 Å². The van der Waals surface area contributed by atoms with E-state index in [9.17, 15) is 9.59 Å². The Labute approximate surface area is 111 Å². The molecule has 7 heteroatoms. The SMILES string of the molecule is [NH-]C(=O)CCCCC(=O)N1CCN(O)CC1.[Ni]. The number of hydrogen-bond acceptors (Lipinski definition) is 4. The maximum atomic E-state index is 11.6. The molecule has 1 aliphatic rings. The molecule has 0 aromatic rings. The topological polar surface area (TPSA) is 84.7 Å². The van der Waals surface area contributed by atoms with Gasteiger partial charge in [-0.3, -0.25) is 4.79 Å². The number of nitrogens with one attached hydrogen (secondary N) is 1. The van der Waals surface area contributed by atoms with E-state index in [-0.39, 0.29) is 28.8 Å². The molecule has 0 aromatic carbocycles. The van der Waals surface area contributed by atoms with Gasteiger partial charge in [-0.2, -0.15) is 5.06 Å². The van der Waals surface area contributed by atoms with Gasteiger partial charge in [0.25, 0.3) is 0 Å². The largest absolute Gasteiger partial charge is 0.668 e. The molecule has 0 radical (unpaired) electrons. The fraction of sp³-hybridized carbons (Fsp3) is 0.800. The van der Waals surface area contributed by atoms with E-state index < -0.39 is 5.91 Å². The Balaban J connectivity index is 0.00000256. The van der Waals surface area contributed by atoms with E-state index in [0.29, 0.717) is 45.4 Å². The van der Waals surface area contributed by atoms with Gasteiger partial charge >= 0.3 is 0 Å². The normalized spacial score (nSPS) is 16.4. The van der Waals surface area contributed by atoms with Crippen molar-refractivity contribution in [2.45, 2.75) is 25.7 Å². The van der Waals surface area contributed by atoms with Crippen molar-refractivity contribution >= 4 is 11.8 Å². The summed E-state index contributed by atoms with van der Waals surface area (Å²) in [6.45, 7) is 2.12. The van der Waals surface area contributed by atoms with Crippen LogP contribution in [0.1, 0.15) is 25.7 Å². The molecule has 102 valence electrons. The Morgan fingerprint density at radius 3 is 2.12 bits per heavy atom. The quantitative estimate of drug-likeness (QED) is 0.594. The van der Waals surface area contributed by atoms with E-state index >= 15 is 0 Å². The maximum absolute atomic E-state index is 11.6. The number of hydrogen-bond donors (Lipinski definition) is 1. The van der Waals surface area contributed by atoms with Gasteiger partial charge in [-0.25, -0.2) is 0 Å². The van der Waals surface area contributed by atoms with Crippen LogP contribution in [0.3, 0.4) is 0 Å². The number of rotatable bonds is 5. The molecule has 0 spiro atoms. The van der Waals surface area contributed by atoms with Gasteiger partial charge in [-0.05, 0) is 19.3 Å². The molecule has 2 N–H and O–H groups in total. The first kappa shape index (κ1) is 16.4. The van der Waals surface area contributed by atoms with E-state index in [1.165, 1.54) is 5.06 Å². The summed E-state index contributed by atoms with van der Waals surface area (Å²) >= 11 is 0. The molecule has 1 saturated heterocycles. The second-order valence-corrected chi connectivity index (χ2v) is 3.96. The Bertz CT molecular complexity index is 255. The number of carbonyl (C=O) groups excluding carboxylic acids is 2. The zero-order valence-corrected chi connectivity index (χ0v) is 10.6. The van der Waals surface area contributed by atoms with Crippen molar-refractivity contribution in [1.82, 2.24) is 9.96 Å². The average Bonchev–Trinajstić information content (AvgIpc) is 2.25. The van der Waals surface area contributed by atoms with Crippen LogP contribution in [-0.2, 0) is 26.1 Å². The molecule has 0 bridgehead atoms. The number of carbonyl (C=O) groups is 2. The minimum atomic E-state index is -0.568. The van der Waals surface area contributed by atoms with Crippen LogP contribution in [0, 0.1) is 0 Å². The second kappa shape index (κ2) is 8.45. The average molecular weight is 287 g/mol. The van der Waals surface area contributed by atoms with Crippen LogP contribution in [-0.4, -0.2) is 53.2 Å². The first-order valence-corrected chi connectivity index (χ1v) is 5.55. The van der Waals surface area contributed by atoms with Crippen molar-refractivity contribution in [2.75, 3.05) is 26.2 Å². The van der Waals surface area contributed by atoms with Gasteiger partial charge in [0.05, 0.1) is 0 Å². The Morgan fingerprint density at radius 2 is 1.59 bits per heavy atom. The minimum absolute atomic E-state index is 0. The summed E-state index contributed by atoms with van der Waals surface area (Å²) in [4.78, 5) is 23.7. The summed E-state index contributed by atoms with van der Waals surface area (Å²) in [5.74, 6) is -0.494. The van der Waals surface area contributed by atoms with E-state index in [1.54, 1.807) is 4.90 Å². The Morgan fingerprint density at radius 1 is 1.06 bits per heavy atom. The Kier molecular flexibility index (Phi) is 8.12. The van der Waals surface area contributed by atoms with Crippen LogP contribution in [0.25, 0.3) is 5.73 Å². The molecule has 17 heavy (non-hydrogen) atoms. The zero-order valence-electron chi connectivity index (χ0n) is 9.63. The molecule has 2 amide bonds. The number of amides is 2. The Hall–Kier alpha value is -0.646. The number of hydroxylamine groups is 2. The van der Waals surface area contributed by atoms with Crippen molar-refractivity contribution in [3.8, 4) is 0 Å². The molecule has 0 unspecified atom stereocenters. The van der Waals surface area contributed by atoms with Crippen molar-refractivity contribution in [1.29, 1.82) is 0 Å². The number of nitrogens with zero attached hydrogens (tertiary/aromatic N) is 2. The summed E-state index contributed by atoms with van der Waals surface area (Å²) in [5, 5.41) is 10.3. The van der Waals surface area contributed by atoms with Gasteiger partial charge in [-0.15, -0.1) is 0 Å². The van der Waals surface area contributed by atoms with Crippen molar-refractivity contribution in [2.24, 2.45) is 0 Å². The predicted molar refractivity (Wildman–Crippen MR) is 57.7 cm³/mol. The van der Waals surface area contributed by atoms with Gasteiger partial charge in [-0.1, -0.05) is 0 Å². The van der Waals surface area contributed by atoms with E-state index in [4.69, 9.17) is 10.9 Å². The summed E-state index contributed by atoms with van der Waals surface area (Å²) in [6.07, 6.45) is 1.92. The molecule has 0 saturated carbocycles. The van der Waals surface area contributed by atoms with Crippen LogP contribution in [0.4, 0.5) is 0 Å². The number of unbranched alkanes of at least 4 members (excludes halogenated alkanes) is 1. The molecule has 6 nitrogen and oxygen atoms in total. The molecular weight excluding hydrogens is 269 g/mol. The van der Waals surface area contributed by atoms with Gasteiger partial charge in [0, 0.05) is 55.0 Å². The molecule has 1 rings (SSSR count). The predicted octanol–water partition coefficient (Wildman–Crippen LogP) is 0.656. The van der Waals surface area contributed by atoms with E-state index in [0.717, 1.165) is 0 Å². The molecule has 1 heterocycles. The van der Waals surface area contributed by atoms with Gasteiger partial charge in [0.1, 0.15) is 0 Å². The van der Waals surface area contributed by atoms with Crippen molar-refractivity contribution < 1.29 is 31.3 Å². The monoisotopic (exact) mass is 286 g/mol. The van der Waals surface area contributed by atoms with E-state index in [2.05, 4.69) is 0 Å². The summed E-state index contributed by atoms with van der Waals surface area (Å²) in [6, 6.07) is 0. The first-order valence-electron chi connectivity index (χ1n) is 5.55. The van der Waals surface area contributed by atoms with Crippen LogP contribution >= 0.6 is 0 Å². The molecule has 1 aliphatic heterocycles. The van der Waals surface area contributed by atoms with Gasteiger partial charge < -0.3 is 20.6 Å². The number of piperazine rings is 1. The molecule has 1 fully saturated rings. The summed E-state index contributed by atoms with van der Waals surface area (Å²) in [5.41, 5.74) is 6.71. The molecule has 0 aromatic heterocycles. The van der Waals surface area contributed by atoms with Gasteiger partial charge in [0.2, 0.25) is 5.91 Å². The maximum Gasteiger partial charge on any atom is 0.222 e. The standard InChI is InChI=1S/C10H19N3O3.Ni/c11-9(14)3-1-2-4-10(15)12-5-7-13(16)8-6-12;/h16H,1-8H2,(H2,11,14);/p-1. The fourth-order valence-electron chi connectivity index (χ4n) is 1.67. The van der Waals surface area contributed by atoms with Crippen LogP contribution < -0.4 is 0 Å². The first-order chi connectivity index (χ1) is 7.59. The van der Waals surface area contributed by atoms with Crippen LogP contribution in [0.5, 0.6) is 0 Å². The third-order valence-corrected chi connectivity index (χ3v) is 2.65. The van der Waals surface area contributed by atoms with Crippen molar-refractivity contribution in [3.05, 3.63) is 5.73 Å². The minimum Gasteiger partial charge on any atom is -0.668 e.